The van der Waals surface area contributed by atoms with Crippen LogP contribution in [0.4, 0.5) is 0 Å². The number of methoxy groups -OCH3 is 1. The third-order valence-corrected chi connectivity index (χ3v) is 4.69. The van der Waals surface area contributed by atoms with Crippen LogP contribution in [0.1, 0.15) is 29.8 Å². The number of unbranched alkanes of at least 4 members (excludes halogenated alkanes) is 1. The summed E-state index contributed by atoms with van der Waals surface area (Å²) >= 11 is 0. The number of rotatable bonds is 8. The average molecular weight is 354 g/mol. The Bertz CT molecular complexity index is 869. The Balaban J connectivity index is 1.58. The summed E-state index contributed by atoms with van der Waals surface area (Å²) in [7, 11) is 1.65. The van der Waals surface area contributed by atoms with E-state index in [4.69, 9.17) is 9.47 Å². The third kappa shape index (κ3) is 3.99. The second-order valence-corrected chi connectivity index (χ2v) is 6.49. The molecule has 1 aromatic heterocycles. The summed E-state index contributed by atoms with van der Waals surface area (Å²) in [6.07, 6.45) is 1.89. The topological polar surface area (TPSA) is 56.5 Å². The normalized spacial score (nSPS) is 11.1. The lowest BCUT2D eigenvalue weighted by atomic mass is 10.1. The van der Waals surface area contributed by atoms with E-state index in [1.54, 1.807) is 7.11 Å². The van der Waals surface area contributed by atoms with E-state index in [1.807, 2.05) is 24.3 Å². The van der Waals surface area contributed by atoms with Gasteiger partial charge in [0.1, 0.15) is 23.9 Å². The summed E-state index contributed by atoms with van der Waals surface area (Å²) in [6.45, 7) is 5.62. The van der Waals surface area contributed by atoms with E-state index < -0.39 is 0 Å². The van der Waals surface area contributed by atoms with Crippen molar-refractivity contribution in [1.82, 2.24) is 9.55 Å². The van der Waals surface area contributed by atoms with Gasteiger partial charge in [0.15, 0.2) is 0 Å². The van der Waals surface area contributed by atoms with Gasteiger partial charge in [-0.15, -0.1) is 0 Å². The molecule has 0 spiro atoms. The Morgan fingerprint density at radius 3 is 2.38 bits per heavy atom. The Hall–Kier alpha value is -2.53. The van der Waals surface area contributed by atoms with Gasteiger partial charge < -0.3 is 19.1 Å². The van der Waals surface area contributed by atoms with Crippen molar-refractivity contribution in [3.8, 4) is 11.5 Å². The molecule has 138 valence electrons. The molecule has 0 amide bonds. The van der Waals surface area contributed by atoms with E-state index in [-0.39, 0.29) is 6.61 Å². The third-order valence-electron chi connectivity index (χ3n) is 4.69. The maximum absolute atomic E-state index is 9.63. The van der Waals surface area contributed by atoms with Crippen molar-refractivity contribution >= 4 is 11.0 Å². The van der Waals surface area contributed by atoms with Gasteiger partial charge in [0.05, 0.1) is 24.8 Å². The van der Waals surface area contributed by atoms with Crippen LogP contribution in [0.3, 0.4) is 0 Å². The summed E-state index contributed by atoms with van der Waals surface area (Å²) in [6, 6.07) is 11.9. The molecule has 0 atom stereocenters. The first-order valence-corrected chi connectivity index (χ1v) is 8.96. The van der Waals surface area contributed by atoms with Gasteiger partial charge in [-0.05, 0) is 74.2 Å². The highest BCUT2D eigenvalue weighted by Crippen LogP contribution is 2.22. The van der Waals surface area contributed by atoms with Gasteiger partial charge in [-0.3, -0.25) is 0 Å². The molecule has 5 nitrogen and oxygen atoms in total. The minimum atomic E-state index is -0.0465. The average Bonchev–Trinajstić information content (AvgIpc) is 2.99. The van der Waals surface area contributed by atoms with E-state index in [0.717, 1.165) is 47.7 Å². The molecule has 0 radical (unpaired) electrons. The van der Waals surface area contributed by atoms with Gasteiger partial charge in [0, 0.05) is 6.54 Å². The number of hydrogen-bond acceptors (Lipinski definition) is 4. The number of nitrogens with zero attached hydrogens (tertiary/aromatic N) is 2. The Labute approximate surface area is 154 Å². The van der Waals surface area contributed by atoms with Gasteiger partial charge in [-0.2, -0.15) is 0 Å². The van der Waals surface area contributed by atoms with Crippen LogP contribution >= 0.6 is 0 Å². The fraction of sp³-hybridized carbons (Fsp3) is 0.381. The van der Waals surface area contributed by atoms with Crippen molar-refractivity contribution in [3.05, 3.63) is 53.3 Å². The molecule has 0 saturated heterocycles. The van der Waals surface area contributed by atoms with E-state index in [0.29, 0.717) is 6.61 Å². The SMILES string of the molecule is COc1ccc(OCCCCn2c(CO)nc3cc(C)c(C)cc32)cc1. The van der Waals surface area contributed by atoms with Crippen LogP contribution in [0.25, 0.3) is 11.0 Å². The summed E-state index contributed by atoms with van der Waals surface area (Å²) < 4.78 is 13.0. The van der Waals surface area contributed by atoms with Gasteiger partial charge >= 0.3 is 0 Å². The zero-order valence-corrected chi connectivity index (χ0v) is 15.7. The number of aliphatic hydroxyl groups is 1. The van der Waals surface area contributed by atoms with Crippen LogP contribution in [0.5, 0.6) is 11.5 Å². The highest BCUT2D eigenvalue weighted by atomic mass is 16.5. The first-order chi connectivity index (χ1) is 12.6. The molecule has 26 heavy (non-hydrogen) atoms. The molecule has 0 fully saturated rings. The quantitative estimate of drug-likeness (QED) is 0.621. The number of hydrogen-bond donors (Lipinski definition) is 1. The monoisotopic (exact) mass is 354 g/mol. The first kappa shape index (κ1) is 18.3. The van der Waals surface area contributed by atoms with Crippen molar-refractivity contribution < 1.29 is 14.6 Å². The van der Waals surface area contributed by atoms with Crippen LogP contribution < -0.4 is 9.47 Å². The number of benzene rings is 2. The number of ether oxygens (including phenoxy) is 2. The second kappa shape index (κ2) is 8.23. The largest absolute Gasteiger partial charge is 0.497 e. The van der Waals surface area contributed by atoms with E-state index in [9.17, 15) is 5.11 Å². The lowest BCUT2D eigenvalue weighted by molar-refractivity contribution is 0.263. The summed E-state index contributed by atoms with van der Waals surface area (Å²) in [5.41, 5.74) is 4.50. The molecule has 0 aliphatic heterocycles. The molecule has 1 N–H and O–H groups in total. The van der Waals surface area contributed by atoms with E-state index in [2.05, 4.69) is 35.5 Å². The molecule has 0 saturated carbocycles. The minimum absolute atomic E-state index is 0.0465. The Kier molecular flexibility index (Phi) is 5.78. The molecular formula is C21H26N2O3. The molecule has 2 aromatic carbocycles. The maximum atomic E-state index is 9.63. The zero-order chi connectivity index (χ0) is 18.5. The number of imidazole rings is 1. The van der Waals surface area contributed by atoms with Crippen molar-refractivity contribution in [2.75, 3.05) is 13.7 Å². The lowest BCUT2D eigenvalue weighted by Crippen LogP contribution is -2.06. The number of aromatic nitrogens is 2. The summed E-state index contributed by atoms with van der Waals surface area (Å²) in [5.74, 6) is 2.40. The second-order valence-electron chi connectivity index (χ2n) is 6.49. The maximum Gasteiger partial charge on any atom is 0.135 e. The first-order valence-electron chi connectivity index (χ1n) is 8.96. The number of fused-ring (bicyclic) bond motifs is 1. The number of aryl methyl sites for hydroxylation is 3. The van der Waals surface area contributed by atoms with Crippen LogP contribution in [0.15, 0.2) is 36.4 Å². The molecular weight excluding hydrogens is 328 g/mol. The highest BCUT2D eigenvalue weighted by molar-refractivity contribution is 5.78. The van der Waals surface area contributed by atoms with E-state index in [1.165, 1.54) is 11.1 Å². The van der Waals surface area contributed by atoms with Crippen molar-refractivity contribution in [2.24, 2.45) is 0 Å². The standard InChI is InChI=1S/C21H26N2O3/c1-15-12-19-20(13-16(15)2)23(21(14-24)22-19)10-4-5-11-26-18-8-6-17(25-3)7-9-18/h6-9,12-13,24H,4-5,10-11,14H2,1-3H3. The predicted octanol–water partition coefficient (Wildman–Crippen LogP) is 4.01. The zero-order valence-electron chi connectivity index (χ0n) is 15.7. The molecule has 3 rings (SSSR count). The molecule has 0 unspecified atom stereocenters. The van der Waals surface area contributed by atoms with Crippen LogP contribution in [0, 0.1) is 13.8 Å². The molecule has 3 aromatic rings. The molecule has 5 heteroatoms. The predicted molar refractivity (Wildman–Crippen MR) is 103 cm³/mol. The Morgan fingerprint density at radius 1 is 1.00 bits per heavy atom. The van der Waals surface area contributed by atoms with E-state index >= 15 is 0 Å². The molecule has 0 aliphatic rings. The molecule has 1 heterocycles. The highest BCUT2D eigenvalue weighted by Gasteiger charge is 2.11. The van der Waals surface area contributed by atoms with Gasteiger partial charge in [0.25, 0.3) is 0 Å². The van der Waals surface area contributed by atoms with Crippen LogP contribution in [-0.2, 0) is 13.2 Å². The van der Waals surface area contributed by atoms with Crippen molar-refractivity contribution in [2.45, 2.75) is 39.8 Å². The van der Waals surface area contributed by atoms with Gasteiger partial charge in [-0.25, -0.2) is 4.98 Å². The van der Waals surface area contributed by atoms with Crippen LogP contribution in [-0.4, -0.2) is 28.4 Å². The van der Waals surface area contributed by atoms with Crippen molar-refractivity contribution in [1.29, 1.82) is 0 Å². The Morgan fingerprint density at radius 2 is 1.69 bits per heavy atom. The van der Waals surface area contributed by atoms with Crippen LogP contribution in [0.2, 0.25) is 0 Å². The molecule has 0 bridgehead atoms. The number of aliphatic hydroxyl groups excluding tert-OH is 1. The van der Waals surface area contributed by atoms with Crippen molar-refractivity contribution in [3.63, 3.8) is 0 Å². The molecule has 0 aliphatic carbocycles. The minimum Gasteiger partial charge on any atom is -0.497 e. The van der Waals surface area contributed by atoms with Gasteiger partial charge in [0.2, 0.25) is 0 Å². The summed E-state index contributed by atoms with van der Waals surface area (Å²) in [5, 5.41) is 9.63. The van der Waals surface area contributed by atoms with Gasteiger partial charge in [-0.1, -0.05) is 0 Å². The smallest absolute Gasteiger partial charge is 0.135 e. The fourth-order valence-corrected chi connectivity index (χ4v) is 3.03. The summed E-state index contributed by atoms with van der Waals surface area (Å²) in [4.78, 5) is 4.57. The fourth-order valence-electron chi connectivity index (χ4n) is 3.03. The lowest BCUT2D eigenvalue weighted by Gasteiger charge is -2.10.